The summed E-state index contributed by atoms with van der Waals surface area (Å²) >= 11 is 0. The van der Waals surface area contributed by atoms with E-state index in [1.165, 1.54) is 21.6 Å². The fraction of sp³-hybridized carbons (Fsp3) is 0.545. The average molecular weight is 385 g/mol. The van der Waals surface area contributed by atoms with Gasteiger partial charge in [-0.1, -0.05) is 11.1 Å². The van der Waals surface area contributed by atoms with Crippen LogP contribution in [0.25, 0.3) is 6.08 Å². The molecule has 0 bridgehead atoms. The molecule has 6 nitrogen and oxygen atoms in total. The summed E-state index contributed by atoms with van der Waals surface area (Å²) in [4.78, 5) is 26.3. The molecule has 1 aromatic heterocycles. The number of rotatable bonds is 5. The number of imide groups is 1. The number of aliphatic hydroxyl groups is 1. The molecule has 150 valence electrons. The maximum Gasteiger partial charge on any atom is 0.233 e. The molecule has 4 atom stereocenters. The number of hydrogen-bond acceptors (Lipinski definition) is 5. The maximum absolute atomic E-state index is 12.6. The number of carbonyl (C=O) groups is 2. The minimum absolute atomic E-state index is 0.00714. The number of fused-ring (bicyclic) bond motifs is 3. The van der Waals surface area contributed by atoms with Crippen LogP contribution in [0, 0.1) is 17.8 Å². The molecule has 0 spiro atoms. The highest BCUT2D eigenvalue weighted by atomic mass is 16.5. The minimum Gasteiger partial charge on any atom is -0.459 e. The first kappa shape index (κ1) is 19.2. The van der Waals surface area contributed by atoms with Crippen LogP contribution >= 0.6 is 0 Å². The van der Waals surface area contributed by atoms with Gasteiger partial charge in [-0.3, -0.25) is 14.5 Å². The molecule has 0 radical (unpaired) electrons. The highest BCUT2D eigenvalue weighted by molar-refractivity contribution is 6.05. The van der Waals surface area contributed by atoms with E-state index in [0.717, 1.165) is 18.6 Å². The van der Waals surface area contributed by atoms with Crippen LogP contribution in [-0.4, -0.2) is 41.6 Å². The van der Waals surface area contributed by atoms with Crippen LogP contribution in [0.1, 0.15) is 44.6 Å². The smallest absolute Gasteiger partial charge is 0.233 e. The van der Waals surface area contributed by atoms with Crippen molar-refractivity contribution in [1.29, 1.82) is 0 Å². The van der Waals surface area contributed by atoms with Crippen molar-refractivity contribution in [2.45, 2.75) is 45.8 Å². The van der Waals surface area contributed by atoms with Crippen molar-refractivity contribution in [3.63, 3.8) is 0 Å². The van der Waals surface area contributed by atoms with Gasteiger partial charge < -0.3 is 14.3 Å². The lowest BCUT2D eigenvalue weighted by Crippen LogP contribution is -2.33. The third-order valence-corrected chi connectivity index (χ3v) is 6.40. The summed E-state index contributed by atoms with van der Waals surface area (Å²) < 4.78 is 11.6. The molecular formula is C22H27NO5. The fourth-order valence-electron chi connectivity index (χ4n) is 5.02. The first-order valence-corrected chi connectivity index (χ1v) is 9.90. The number of amides is 2. The van der Waals surface area contributed by atoms with Crippen molar-refractivity contribution in [1.82, 2.24) is 4.90 Å². The van der Waals surface area contributed by atoms with Gasteiger partial charge in [0.25, 0.3) is 0 Å². The van der Waals surface area contributed by atoms with Crippen molar-refractivity contribution in [3.8, 4) is 0 Å². The molecule has 4 rings (SSSR count). The highest BCUT2D eigenvalue weighted by Gasteiger charge is 2.55. The van der Waals surface area contributed by atoms with E-state index in [0.29, 0.717) is 18.8 Å². The number of hydrogen-bond donors (Lipinski definition) is 1. The Morgan fingerprint density at radius 2 is 2.07 bits per heavy atom. The van der Waals surface area contributed by atoms with Crippen molar-refractivity contribution >= 4 is 17.9 Å². The summed E-state index contributed by atoms with van der Waals surface area (Å²) in [5.74, 6) is 0.763. The Kier molecular flexibility index (Phi) is 5.02. The Balaban J connectivity index is 1.46. The Bertz CT molecular complexity index is 864. The van der Waals surface area contributed by atoms with Crippen LogP contribution < -0.4 is 0 Å². The highest BCUT2D eigenvalue weighted by Crippen LogP contribution is 2.49. The van der Waals surface area contributed by atoms with E-state index in [-0.39, 0.29) is 42.3 Å². The molecule has 6 heteroatoms. The predicted molar refractivity (Wildman–Crippen MR) is 103 cm³/mol. The molecule has 2 saturated heterocycles. The molecule has 3 heterocycles. The number of likely N-dealkylation sites (tertiary alicyclic amines) is 1. The van der Waals surface area contributed by atoms with Crippen LogP contribution in [0.4, 0.5) is 0 Å². The quantitative estimate of drug-likeness (QED) is 0.623. The molecule has 1 aliphatic carbocycles. The molecule has 0 aromatic carbocycles. The molecule has 1 aromatic rings. The fourth-order valence-corrected chi connectivity index (χ4v) is 5.02. The summed E-state index contributed by atoms with van der Waals surface area (Å²) in [6.07, 6.45) is 4.35. The van der Waals surface area contributed by atoms with Gasteiger partial charge in [0.15, 0.2) is 0 Å². The van der Waals surface area contributed by atoms with Crippen molar-refractivity contribution in [3.05, 3.63) is 40.4 Å². The summed E-state index contributed by atoms with van der Waals surface area (Å²) in [6.45, 7) is 4.56. The van der Waals surface area contributed by atoms with Crippen molar-refractivity contribution in [2.24, 2.45) is 17.8 Å². The van der Waals surface area contributed by atoms with E-state index in [1.807, 2.05) is 12.1 Å². The monoisotopic (exact) mass is 385 g/mol. The van der Waals surface area contributed by atoms with E-state index in [4.69, 9.17) is 14.3 Å². The van der Waals surface area contributed by atoms with Crippen LogP contribution in [0.3, 0.4) is 0 Å². The maximum atomic E-state index is 12.6. The normalized spacial score (nSPS) is 30.3. The van der Waals surface area contributed by atoms with E-state index in [9.17, 15) is 9.59 Å². The third kappa shape index (κ3) is 3.14. The lowest BCUT2D eigenvalue weighted by molar-refractivity contribution is -0.138. The number of aliphatic hydroxyl groups excluding tert-OH is 1. The van der Waals surface area contributed by atoms with E-state index < -0.39 is 0 Å². The van der Waals surface area contributed by atoms with Crippen molar-refractivity contribution < 1.29 is 23.8 Å². The zero-order valence-electron chi connectivity index (χ0n) is 16.6. The molecule has 0 unspecified atom stereocenters. The number of nitrogens with zero attached hydrogens (tertiary/aromatic N) is 1. The zero-order chi connectivity index (χ0) is 20.0. The number of carbonyl (C=O) groups excluding carboxylic acids is 2. The molecular weight excluding hydrogens is 358 g/mol. The minimum atomic E-state index is -0.252. The van der Waals surface area contributed by atoms with Gasteiger partial charge in [-0.25, -0.2) is 0 Å². The van der Waals surface area contributed by atoms with Gasteiger partial charge >= 0.3 is 0 Å². The standard InChI is InChI=1S/C22H27NO5/c1-12(8-14-5-6-15(10-24)28-14)4-7-18-19-13(2)9-16-20(17(19)11-27-18)22(26)23(3)21(16)25/h5-6,8,16-18,20,24H,4,7,9-11H2,1-3H3/b12-8+/t16-,17+,18-,20-/m1/s1. The van der Waals surface area contributed by atoms with E-state index in [1.54, 1.807) is 13.1 Å². The van der Waals surface area contributed by atoms with E-state index >= 15 is 0 Å². The first-order valence-electron chi connectivity index (χ1n) is 9.90. The molecule has 1 N–H and O–H groups in total. The van der Waals surface area contributed by atoms with Gasteiger partial charge in [-0.2, -0.15) is 0 Å². The van der Waals surface area contributed by atoms with Crippen LogP contribution in [-0.2, 0) is 20.9 Å². The number of furan rings is 1. The van der Waals surface area contributed by atoms with Gasteiger partial charge in [-0.15, -0.1) is 0 Å². The Morgan fingerprint density at radius 1 is 1.29 bits per heavy atom. The van der Waals surface area contributed by atoms with Gasteiger partial charge in [0.1, 0.15) is 18.1 Å². The second kappa shape index (κ2) is 7.33. The van der Waals surface area contributed by atoms with Gasteiger partial charge in [0, 0.05) is 13.0 Å². The van der Waals surface area contributed by atoms with Gasteiger partial charge in [-0.05, 0) is 56.9 Å². The largest absolute Gasteiger partial charge is 0.459 e. The first-order chi connectivity index (χ1) is 13.4. The Morgan fingerprint density at radius 3 is 2.79 bits per heavy atom. The summed E-state index contributed by atoms with van der Waals surface area (Å²) in [5.41, 5.74) is 3.63. The lowest BCUT2D eigenvalue weighted by atomic mass is 9.70. The van der Waals surface area contributed by atoms with Crippen molar-refractivity contribution in [2.75, 3.05) is 13.7 Å². The van der Waals surface area contributed by atoms with E-state index in [2.05, 4.69) is 13.8 Å². The molecule has 2 amide bonds. The second-order valence-corrected chi connectivity index (χ2v) is 8.23. The summed E-state index contributed by atoms with van der Waals surface area (Å²) in [5, 5.41) is 9.10. The molecule has 28 heavy (non-hydrogen) atoms. The SMILES string of the molecule is CC1=C2[C@@H](CC/C(C)=C/c3ccc(CO)o3)OC[C@@H]2[C@@H]2C(=O)N(C)C(=O)[C@@H]2C1. The molecule has 2 fully saturated rings. The van der Waals surface area contributed by atoms with Crippen LogP contribution in [0.5, 0.6) is 0 Å². The topological polar surface area (TPSA) is 80.0 Å². The zero-order valence-corrected chi connectivity index (χ0v) is 16.6. The van der Waals surface area contributed by atoms with Gasteiger partial charge in [0.2, 0.25) is 11.8 Å². The average Bonchev–Trinajstić information content (AvgIpc) is 3.35. The molecule has 3 aliphatic rings. The summed E-state index contributed by atoms with van der Waals surface area (Å²) in [6, 6.07) is 3.62. The second-order valence-electron chi connectivity index (χ2n) is 8.23. The molecule has 0 saturated carbocycles. The summed E-state index contributed by atoms with van der Waals surface area (Å²) in [7, 11) is 1.59. The van der Waals surface area contributed by atoms with Crippen LogP contribution in [0.15, 0.2) is 33.3 Å². The molecule has 2 aliphatic heterocycles. The Labute approximate surface area is 164 Å². The van der Waals surface area contributed by atoms with Gasteiger partial charge in [0.05, 0.1) is 24.5 Å². The lowest BCUT2D eigenvalue weighted by Gasteiger charge is -2.30. The van der Waals surface area contributed by atoms with Crippen LogP contribution in [0.2, 0.25) is 0 Å². The Hall–Kier alpha value is -2.18. The predicted octanol–water partition coefficient (Wildman–Crippen LogP) is 2.92. The third-order valence-electron chi connectivity index (χ3n) is 6.40. The number of ether oxygens (including phenoxy) is 1. The number of allylic oxidation sites excluding steroid dienone is 2.